The molecule has 0 aromatic heterocycles. The van der Waals surface area contributed by atoms with Crippen molar-refractivity contribution >= 4 is 11.6 Å². The minimum atomic E-state index is 0.499. The zero-order valence-corrected chi connectivity index (χ0v) is 11.8. The van der Waals surface area contributed by atoms with E-state index in [9.17, 15) is 0 Å². The first kappa shape index (κ1) is 14.3. The van der Waals surface area contributed by atoms with Gasteiger partial charge in [-0.05, 0) is 43.4 Å². The number of alkyl halides is 1. The van der Waals surface area contributed by atoms with Crippen LogP contribution in [0, 0.1) is 17.8 Å². The summed E-state index contributed by atoms with van der Waals surface area (Å²) in [6, 6.07) is 0. The van der Waals surface area contributed by atoms with E-state index in [1.54, 1.807) is 0 Å². The molecule has 0 heterocycles. The van der Waals surface area contributed by atoms with Crippen LogP contribution < -0.4 is 0 Å². The van der Waals surface area contributed by atoms with Crippen LogP contribution in [0.15, 0.2) is 0 Å². The van der Waals surface area contributed by atoms with Crippen molar-refractivity contribution in [3.05, 3.63) is 0 Å². The van der Waals surface area contributed by atoms with Crippen molar-refractivity contribution in [2.45, 2.75) is 59.0 Å². The van der Waals surface area contributed by atoms with Gasteiger partial charge in [0.15, 0.2) is 0 Å². The summed E-state index contributed by atoms with van der Waals surface area (Å²) in [6.07, 6.45) is 6.67. The van der Waals surface area contributed by atoms with Crippen LogP contribution in [0.2, 0.25) is 0 Å². The average molecular weight is 247 g/mol. The molecule has 1 aliphatic rings. The van der Waals surface area contributed by atoms with Crippen LogP contribution in [0.4, 0.5) is 0 Å². The van der Waals surface area contributed by atoms with Crippen LogP contribution in [-0.4, -0.2) is 18.6 Å². The van der Waals surface area contributed by atoms with Crippen molar-refractivity contribution < 1.29 is 4.74 Å². The molecule has 0 aromatic carbocycles. The lowest BCUT2D eigenvalue weighted by Crippen LogP contribution is -2.34. The van der Waals surface area contributed by atoms with Gasteiger partial charge in [-0.2, -0.15) is 0 Å². The smallest absolute Gasteiger partial charge is 0.0608 e. The maximum atomic E-state index is 6.07. The molecule has 1 saturated carbocycles. The standard InChI is InChI=1S/C14H27ClO/c1-11(2)13-7-6-12(3)10-14(13)16-9-5-4-8-15/h11-14H,4-10H2,1-3H3. The fourth-order valence-electron chi connectivity index (χ4n) is 2.74. The second kappa shape index (κ2) is 7.55. The Bertz CT molecular complexity index is 182. The molecular weight excluding hydrogens is 220 g/mol. The molecule has 0 saturated heterocycles. The highest BCUT2D eigenvalue weighted by molar-refractivity contribution is 6.17. The Morgan fingerprint density at radius 2 is 2.00 bits per heavy atom. The molecule has 0 spiro atoms. The minimum absolute atomic E-state index is 0.499. The van der Waals surface area contributed by atoms with E-state index in [0.29, 0.717) is 6.10 Å². The van der Waals surface area contributed by atoms with E-state index in [2.05, 4.69) is 20.8 Å². The third-order valence-corrected chi connectivity index (χ3v) is 4.09. The van der Waals surface area contributed by atoms with E-state index in [1.165, 1.54) is 19.3 Å². The number of ether oxygens (including phenoxy) is 1. The number of unbranched alkanes of at least 4 members (excludes halogenated alkanes) is 1. The van der Waals surface area contributed by atoms with Crippen LogP contribution >= 0.6 is 11.6 Å². The molecule has 0 aromatic rings. The lowest BCUT2D eigenvalue weighted by atomic mass is 9.75. The van der Waals surface area contributed by atoms with Crippen LogP contribution in [0.5, 0.6) is 0 Å². The summed E-state index contributed by atoms with van der Waals surface area (Å²) in [5, 5.41) is 0. The van der Waals surface area contributed by atoms with Gasteiger partial charge in [-0.25, -0.2) is 0 Å². The molecule has 1 fully saturated rings. The molecule has 1 nitrogen and oxygen atoms in total. The highest BCUT2D eigenvalue weighted by Crippen LogP contribution is 2.35. The summed E-state index contributed by atoms with van der Waals surface area (Å²) in [5.41, 5.74) is 0. The lowest BCUT2D eigenvalue weighted by Gasteiger charge is -2.37. The zero-order chi connectivity index (χ0) is 12.0. The topological polar surface area (TPSA) is 9.23 Å². The van der Waals surface area contributed by atoms with Crippen molar-refractivity contribution in [1.82, 2.24) is 0 Å². The highest BCUT2D eigenvalue weighted by atomic mass is 35.5. The van der Waals surface area contributed by atoms with Gasteiger partial charge >= 0.3 is 0 Å². The molecule has 16 heavy (non-hydrogen) atoms. The van der Waals surface area contributed by atoms with Crippen molar-refractivity contribution in [2.75, 3.05) is 12.5 Å². The Morgan fingerprint density at radius 3 is 2.62 bits per heavy atom. The fourth-order valence-corrected chi connectivity index (χ4v) is 2.93. The van der Waals surface area contributed by atoms with Gasteiger partial charge in [0.25, 0.3) is 0 Å². The van der Waals surface area contributed by atoms with E-state index in [-0.39, 0.29) is 0 Å². The fraction of sp³-hybridized carbons (Fsp3) is 1.00. The summed E-state index contributed by atoms with van der Waals surface area (Å²) < 4.78 is 6.07. The molecule has 0 N–H and O–H groups in total. The van der Waals surface area contributed by atoms with E-state index in [0.717, 1.165) is 43.1 Å². The van der Waals surface area contributed by atoms with Crippen LogP contribution in [0.1, 0.15) is 52.9 Å². The second-order valence-corrected chi connectivity index (χ2v) is 6.01. The van der Waals surface area contributed by atoms with Gasteiger partial charge in [0.2, 0.25) is 0 Å². The summed E-state index contributed by atoms with van der Waals surface area (Å²) in [5.74, 6) is 3.13. The monoisotopic (exact) mass is 246 g/mol. The van der Waals surface area contributed by atoms with Crippen molar-refractivity contribution in [3.63, 3.8) is 0 Å². The molecule has 0 radical (unpaired) electrons. The Hall–Kier alpha value is 0.250. The van der Waals surface area contributed by atoms with Gasteiger partial charge in [-0.3, -0.25) is 0 Å². The van der Waals surface area contributed by atoms with Gasteiger partial charge in [0.1, 0.15) is 0 Å². The Morgan fingerprint density at radius 1 is 1.25 bits per heavy atom. The molecular formula is C14H27ClO. The largest absolute Gasteiger partial charge is 0.378 e. The molecule has 0 bridgehead atoms. The molecule has 2 heteroatoms. The Labute approximate surface area is 106 Å². The van der Waals surface area contributed by atoms with E-state index in [1.807, 2.05) is 0 Å². The Kier molecular flexibility index (Phi) is 6.75. The van der Waals surface area contributed by atoms with Crippen LogP contribution in [-0.2, 0) is 4.74 Å². The first-order valence-corrected chi connectivity index (χ1v) is 7.36. The Balaban J connectivity index is 2.33. The van der Waals surface area contributed by atoms with Crippen LogP contribution in [0.25, 0.3) is 0 Å². The van der Waals surface area contributed by atoms with Crippen molar-refractivity contribution in [2.24, 2.45) is 17.8 Å². The summed E-state index contributed by atoms with van der Waals surface area (Å²) in [6.45, 7) is 7.91. The molecule has 96 valence electrons. The van der Waals surface area contributed by atoms with Crippen LogP contribution in [0.3, 0.4) is 0 Å². The zero-order valence-electron chi connectivity index (χ0n) is 11.0. The summed E-state index contributed by atoms with van der Waals surface area (Å²) >= 11 is 5.67. The van der Waals surface area contributed by atoms with Gasteiger partial charge in [-0.1, -0.05) is 27.2 Å². The average Bonchev–Trinajstić information content (AvgIpc) is 2.24. The van der Waals surface area contributed by atoms with Gasteiger partial charge < -0.3 is 4.74 Å². The third-order valence-electron chi connectivity index (χ3n) is 3.82. The number of hydrogen-bond acceptors (Lipinski definition) is 1. The highest BCUT2D eigenvalue weighted by Gasteiger charge is 2.30. The predicted octanol–water partition coefficient (Wildman–Crippen LogP) is 4.48. The number of hydrogen-bond donors (Lipinski definition) is 0. The first-order valence-electron chi connectivity index (χ1n) is 6.82. The SMILES string of the molecule is CC1CCC(C(C)C)C(OCCCCCl)C1. The minimum Gasteiger partial charge on any atom is -0.378 e. The summed E-state index contributed by atoms with van der Waals surface area (Å²) in [7, 11) is 0. The van der Waals surface area contributed by atoms with E-state index < -0.39 is 0 Å². The molecule has 0 aliphatic heterocycles. The van der Waals surface area contributed by atoms with E-state index >= 15 is 0 Å². The van der Waals surface area contributed by atoms with E-state index in [4.69, 9.17) is 16.3 Å². The normalized spacial score (nSPS) is 30.9. The maximum Gasteiger partial charge on any atom is 0.0608 e. The quantitative estimate of drug-likeness (QED) is 0.496. The number of rotatable bonds is 6. The van der Waals surface area contributed by atoms with Crippen molar-refractivity contribution in [1.29, 1.82) is 0 Å². The van der Waals surface area contributed by atoms with Gasteiger partial charge in [-0.15, -0.1) is 11.6 Å². The molecule has 3 atom stereocenters. The number of halogens is 1. The molecule has 1 aliphatic carbocycles. The molecule has 1 rings (SSSR count). The summed E-state index contributed by atoms with van der Waals surface area (Å²) in [4.78, 5) is 0. The maximum absolute atomic E-state index is 6.07. The molecule has 3 unspecified atom stereocenters. The lowest BCUT2D eigenvalue weighted by molar-refractivity contribution is -0.0390. The second-order valence-electron chi connectivity index (χ2n) is 5.63. The predicted molar refractivity (Wildman–Crippen MR) is 71.0 cm³/mol. The third kappa shape index (κ3) is 4.63. The van der Waals surface area contributed by atoms with Crippen molar-refractivity contribution in [3.8, 4) is 0 Å². The van der Waals surface area contributed by atoms with Gasteiger partial charge in [0, 0.05) is 12.5 Å². The molecule has 0 amide bonds. The van der Waals surface area contributed by atoms with Gasteiger partial charge in [0.05, 0.1) is 6.10 Å². The first-order chi connectivity index (χ1) is 7.65.